The van der Waals surface area contributed by atoms with Gasteiger partial charge in [0, 0.05) is 26.2 Å². The average Bonchev–Trinajstić information content (AvgIpc) is 2.85. The molecule has 186 valence electrons. The van der Waals surface area contributed by atoms with Crippen molar-refractivity contribution in [2.45, 2.75) is 25.2 Å². The molecule has 1 aliphatic heterocycles. The van der Waals surface area contributed by atoms with E-state index in [2.05, 4.69) is 10.2 Å². The molecule has 0 aliphatic carbocycles. The van der Waals surface area contributed by atoms with Crippen molar-refractivity contribution in [1.29, 1.82) is 0 Å². The minimum absolute atomic E-state index is 0.0932. The Morgan fingerprint density at radius 2 is 1.71 bits per heavy atom. The van der Waals surface area contributed by atoms with Gasteiger partial charge in [0.05, 0.1) is 50.1 Å². The van der Waals surface area contributed by atoms with E-state index in [4.69, 9.17) is 14.2 Å². The molecule has 2 aromatic carbocycles. The number of nitrogens with zero attached hydrogens (tertiary/aromatic N) is 2. The Hall–Kier alpha value is -2.82. The maximum Gasteiger partial charge on any atom is 0.243 e. The fourth-order valence-corrected chi connectivity index (χ4v) is 5.42. The predicted octanol–water partition coefficient (Wildman–Crippen LogP) is 2.75. The number of rotatable bonds is 10. The van der Waals surface area contributed by atoms with Gasteiger partial charge in [-0.2, -0.15) is 4.31 Å². The maximum atomic E-state index is 13.1. The number of ether oxygens (including phenoxy) is 3. The molecule has 0 spiro atoms. The van der Waals surface area contributed by atoms with E-state index < -0.39 is 10.0 Å². The van der Waals surface area contributed by atoms with E-state index in [1.165, 1.54) is 11.4 Å². The van der Waals surface area contributed by atoms with Gasteiger partial charge in [-0.15, -0.1) is 0 Å². The number of benzene rings is 2. The minimum atomic E-state index is -3.67. The average molecular weight is 492 g/mol. The molecule has 3 rings (SSSR count). The number of amides is 1. The summed E-state index contributed by atoms with van der Waals surface area (Å²) in [5.74, 6) is 0.851. The lowest BCUT2D eigenvalue weighted by Gasteiger charge is -2.31. The first-order chi connectivity index (χ1) is 16.3. The van der Waals surface area contributed by atoms with Crippen LogP contribution >= 0.6 is 0 Å². The molecule has 9 nitrogen and oxygen atoms in total. The van der Waals surface area contributed by atoms with Crippen LogP contribution in [0.25, 0.3) is 0 Å². The second-order valence-corrected chi connectivity index (χ2v) is 9.72. The van der Waals surface area contributed by atoms with Crippen LogP contribution < -0.4 is 19.7 Å². The first kappa shape index (κ1) is 25.8. The summed E-state index contributed by atoms with van der Waals surface area (Å²) in [5.41, 5.74) is 1.97. The highest BCUT2D eigenvalue weighted by molar-refractivity contribution is 7.89. The summed E-state index contributed by atoms with van der Waals surface area (Å²) in [6.07, 6.45) is 0.0932. The lowest BCUT2D eigenvalue weighted by Crippen LogP contribution is -2.37. The molecule has 1 saturated heterocycles. The third-order valence-electron chi connectivity index (χ3n) is 5.75. The van der Waals surface area contributed by atoms with Crippen molar-refractivity contribution in [3.8, 4) is 11.5 Å². The van der Waals surface area contributed by atoms with Gasteiger partial charge in [-0.3, -0.25) is 4.79 Å². The highest BCUT2D eigenvalue weighted by Gasteiger charge is 2.25. The van der Waals surface area contributed by atoms with E-state index in [0.717, 1.165) is 11.3 Å². The summed E-state index contributed by atoms with van der Waals surface area (Å²) in [6, 6.07) is 10.2. The standard InChI is InChI=1S/C24H33N3O6S/c1-5-27(6-2)34(29,30)19-8-9-21(26-11-13-33-14-12-26)20(17-19)25-24(28)16-18-7-10-22(31-3)23(15-18)32-4/h7-10,15,17H,5-6,11-14,16H2,1-4H3,(H,25,28). The molecule has 1 aliphatic rings. The van der Waals surface area contributed by atoms with Gasteiger partial charge >= 0.3 is 0 Å². The molecule has 1 fully saturated rings. The first-order valence-electron chi connectivity index (χ1n) is 11.3. The first-order valence-corrected chi connectivity index (χ1v) is 12.8. The van der Waals surface area contributed by atoms with Gasteiger partial charge in [0.1, 0.15) is 0 Å². The van der Waals surface area contributed by atoms with E-state index in [1.807, 2.05) is 0 Å². The lowest BCUT2D eigenvalue weighted by atomic mass is 10.1. The quantitative estimate of drug-likeness (QED) is 0.546. The van der Waals surface area contributed by atoms with Crippen LogP contribution in [0.15, 0.2) is 41.3 Å². The molecule has 1 amide bonds. The van der Waals surface area contributed by atoms with Crippen LogP contribution in [0.1, 0.15) is 19.4 Å². The molecule has 0 saturated carbocycles. The van der Waals surface area contributed by atoms with Gasteiger partial charge in [-0.25, -0.2) is 8.42 Å². The highest BCUT2D eigenvalue weighted by Crippen LogP contribution is 2.32. The maximum absolute atomic E-state index is 13.1. The number of sulfonamides is 1. The minimum Gasteiger partial charge on any atom is -0.493 e. The summed E-state index contributed by atoms with van der Waals surface area (Å²) in [7, 11) is -0.582. The molecule has 10 heteroatoms. The smallest absolute Gasteiger partial charge is 0.243 e. The van der Waals surface area contributed by atoms with Crippen LogP contribution in [0.5, 0.6) is 11.5 Å². The molecule has 0 unspecified atom stereocenters. The number of hydrogen-bond donors (Lipinski definition) is 1. The molecule has 34 heavy (non-hydrogen) atoms. The van der Waals surface area contributed by atoms with E-state index in [-0.39, 0.29) is 17.2 Å². The number of nitrogens with one attached hydrogen (secondary N) is 1. The number of carbonyl (C=O) groups is 1. The van der Waals surface area contributed by atoms with Crippen molar-refractivity contribution in [2.75, 3.05) is 63.8 Å². The Labute approximate surface area is 201 Å². The van der Waals surface area contributed by atoms with Crippen LogP contribution in [0.4, 0.5) is 11.4 Å². The van der Waals surface area contributed by atoms with Crippen LogP contribution in [0.3, 0.4) is 0 Å². The van der Waals surface area contributed by atoms with Crippen molar-refractivity contribution in [2.24, 2.45) is 0 Å². The predicted molar refractivity (Wildman–Crippen MR) is 131 cm³/mol. The van der Waals surface area contributed by atoms with E-state index >= 15 is 0 Å². The Balaban J connectivity index is 1.91. The highest BCUT2D eigenvalue weighted by atomic mass is 32.2. The third kappa shape index (κ3) is 5.81. The van der Waals surface area contributed by atoms with Crippen LogP contribution in [-0.2, 0) is 26.0 Å². The number of methoxy groups -OCH3 is 2. The van der Waals surface area contributed by atoms with E-state index in [1.54, 1.807) is 57.4 Å². The third-order valence-corrected chi connectivity index (χ3v) is 7.80. The Morgan fingerprint density at radius 1 is 1.03 bits per heavy atom. The van der Waals surface area contributed by atoms with Crippen molar-refractivity contribution in [3.63, 3.8) is 0 Å². The van der Waals surface area contributed by atoms with Crippen LogP contribution in [-0.4, -0.2) is 72.2 Å². The number of morpholine rings is 1. The molecule has 0 aromatic heterocycles. The van der Waals surface area contributed by atoms with Crippen LogP contribution in [0.2, 0.25) is 0 Å². The van der Waals surface area contributed by atoms with E-state index in [9.17, 15) is 13.2 Å². The molecule has 2 aromatic rings. The van der Waals surface area contributed by atoms with Gasteiger partial charge in [-0.1, -0.05) is 19.9 Å². The fraction of sp³-hybridized carbons (Fsp3) is 0.458. The molecule has 1 N–H and O–H groups in total. The van der Waals surface area contributed by atoms with Gasteiger partial charge in [0.25, 0.3) is 0 Å². The summed E-state index contributed by atoms with van der Waals surface area (Å²) < 4.78 is 43.6. The topological polar surface area (TPSA) is 97.4 Å². The van der Waals surface area contributed by atoms with Crippen molar-refractivity contribution >= 4 is 27.3 Å². The normalized spacial score (nSPS) is 14.2. The van der Waals surface area contributed by atoms with Crippen molar-refractivity contribution in [1.82, 2.24) is 4.31 Å². The zero-order valence-corrected chi connectivity index (χ0v) is 21.0. The zero-order valence-electron chi connectivity index (χ0n) is 20.2. The fourth-order valence-electron chi connectivity index (χ4n) is 3.94. The molecule has 0 bridgehead atoms. The number of carbonyl (C=O) groups excluding carboxylic acids is 1. The Morgan fingerprint density at radius 3 is 2.32 bits per heavy atom. The van der Waals surface area contributed by atoms with Gasteiger partial charge < -0.3 is 24.4 Å². The second kappa shape index (κ2) is 11.5. The number of anilines is 2. The Kier molecular flexibility index (Phi) is 8.76. The second-order valence-electron chi connectivity index (χ2n) is 7.78. The largest absolute Gasteiger partial charge is 0.493 e. The van der Waals surface area contributed by atoms with Crippen molar-refractivity contribution in [3.05, 3.63) is 42.0 Å². The molecular formula is C24H33N3O6S. The van der Waals surface area contributed by atoms with Gasteiger partial charge in [0.15, 0.2) is 11.5 Å². The summed E-state index contributed by atoms with van der Waals surface area (Å²) >= 11 is 0. The SMILES string of the molecule is CCN(CC)S(=O)(=O)c1ccc(N2CCOCC2)c(NC(=O)Cc2ccc(OC)c(OC)c2)c1. The summed E-state index contributed by atoms with van der Waals surface area (Å²) in [5, 5.41) is 2.93. The molecule has 0 radical (unpaired) electrons. The molecule has 1 heterocycles. The lowest BCUT2D eigenvalue weighted by molar-refractivity contribution is -0.115. The van der Waals surface area contributed by atoms with Gasteiger partial charge in [-0.05, 0) is 35.9 Å². The summed E-state index contributed by atoms with van der Waals surface area (Å²) in [6.45, 7) is 6.78. The zero-order chi connectivity index (χ0) is 24.7. The summed E-state index contributed by atoms with van der Waals surface area (Å²) in [4.78, 5) is 15.2. The van der Waals surface area contributed by atoms with Crippen molar-refractivity contribution < 1.29 is 27.4 Å². The molecule has 0 atom stereocenters. The monoisotopic (exact) mass is 491 g/mol. The Bertz CT molecular complexity index is 1100. The van der Waals surface area contributed by atoms with E-state index in [0.29, 0.717) is 56.6 Å². The number of hydrogen-bond acceptors (Lipinski definition) is 7. The van der Waals surface area contributed by atoms with Gasteiger partial charge in [0.2, 0.25) is 15.9 Å². The van der Waals surface area contributed by atoms with Crippen LogP contribution in [0, 0.1) is 0 Å². The molecular weight excluding hydrogens is 458 g/mol.